The molecule has 0 saturated carbocycles. The number of hydrogen-bond donors (Lipinski definition) is 0. The van der Waals surface area contributed by atoms with Crippen LogP contribution in [0.4, 0.5) is 0 Å². The lowest BCUT2D eigenvalue weighted by Crippen LogP contribution is -2.60. The number of thioether (sulfide) groups is 1. The van der Waals surface area contributed by atoms with Gasteiger partial charge >= 0.3 is 17.9 Å². The number of allylic oxidation sites excluding steroid dienone is 1. The van der Waals surface area contributed by atoms with E-state index in [9.17, 15) is 19.2 Å². The molecule has 1 rings (SSSR count). The van der Waals surface area contributed by atoms with E-state index >= 15 is 0 Å². The molecular formula is C17H24O8S. The Morgan fingerprint density at radius 3 is 2.04 bits per heavy atom. The molecule has 1 aliphatic rings. The first kappa shape index (κ1) is 22.2. The van der Waals surface area contributed by atoms with Crippen LogP contribution in [0.25, 0.3) is 0 Å². The molecule has 0 spiro atoms. The van der Waals surface area contributed by atoms with Gasteiger partial charge in [0.2, 0.25) is 0 Å². The normalized spacial score (nSPS) is 27.9. The van der Waals surface area contributed by atoms with E-state index in [0.29, 0.717) is 12.0 Å². The molecule has 0 radical (unpaired) electrons. The molecule has 0 aromatic rings. The maximum atomic E-state index is 11.5. The van der Waals surface area contributed by atoms with Gasteiger partial charge in [0.25, 0.3) is 0 Å². The number of unbranched alkanes of at least 4 members (excludes halogenated alkanes) is 1. The highest BCUT2D eigenvalue weighted by Gasteiger charge is 2.51. The van der Waals surface area contributed by atoms with Crippen molar-refractivity contribution in [3.63, 3.8) is 0 Å². The summed E-state index contributed by atoms with van der Waals surface area (Å²) in [4.78, 5) is 45.9. The van der Waals surface area contributed by atoms with Crippen LogP contribution in [0, 0.1) is 0 Å². The number of rotatable bonds is 9. The standard InChI is InChI=1S/C17H24O8S/c1-5-6-7-8-26-17-16(24-12(4)21)15(23-11(3)20)14(22-10(2)19)13(9-18)25-17/h5,9,13-17H,1,6-8H2,2-4H3. The van der Waals surface area contributed by atoms with E-state index in [1.54, 1.807) is 6.08 Å². The zero-order valence-electron chi connectivity index (χ0n) is 15.0. The van der Waals surface area contributed by atoms with Gasteiger partial charge in [0, 0.05) is 20.8 Å². The van der Waals surface area contributed by atoms with E-state index in [4.69, 9.17) is 18.9 Å². The van der Waals surface area contributed by atoms with Gasteiger partial charge in [0.1, 0.15) is 5.44 Å². The second-order valence-electron chi connectivity index (χ2n) is 5.63. The lowest BCUT2D eigenvalue weighted by Gasteiger charge is -2.42. The smallest absolute Gasteiger partial charge is 0.303 e. The maximum absolute atomic E-state index is 11.5. The van der Waals surface area contributed by atoms with Gasteiger partial charge in [0.05, 0.1) is 0 Å². The van der Waals surface area contributed by atoms with Crippen molar-refractivity contribution >= 4 is 36.0 Å². The van der Waals surface area contributed by atoms with E-state index in [1.165, 1.54) is 25.6 Å². The van der Waals surface area contributed by atoms with E-state index < -0.39 is 47.8 Å². The van der Waals surface area contributed by atoms with E-state index in [1.807, 2.05) is 0 Å². The molecule has 5 atom stereocenters. The summed E-state index contributed by atoms with van der Waals surface area (Å²) in [7, 11) is 0. The molecule has 5 unspecified atom stereocenters. The number of carbonyl (C=O) groups excluding carboxylic acids is 4. The molecule has 9 heteroatoms. The highest BCUT2D eigenvalue weighted by molar-refractivity contribution is 7.99. The Bertz CT molecular complexity index is 535. The van der Waals surface area contributed by atoms with Gasteiger partial charge in [-0.15, -0.1) is 18.3 Å². The van der Waals surface area contributed by atoms with E-state index in [-0.39, 0.29) is 0 Å². The second kappa shape index (κ2) is 11.0. The molecule has 0 aromatic carbocycles. The molecule has 1 heterocycles. The summed E-state index contributed by atoms with van der Waals surface area (Å²) in [6.45, 7) is 7.18. The number of aldehydes is 1. The van der Waals surface area contributed by atoms with Crippen LogP contribution >= 0.6 is 11.8 Å². The zero-order chi connectivity index (χ0) is 19.7. The number of ether oxygens (including phenoxy) is 4. The Balaban J connectivity index is 3.10. The van der Waals surface area contributed by atoms with Gasteiger partial charge in [-0.1, -0.05) is 6.08 Å². The molecule has 8 nitrogen and oxygen atoms in total. The summed E-state index contributed by atoms with van der Waals surface area (Å²) in [5.41, 5.74) is -0.755. The quantitative estimate of drug-likeness (QED) is 0.190. The summed E-state index contributed by atoms with van der Waals surface area (Å²) < 4.78 is 21.3. The van der Waals surface area contributed by atoms with Crippen LogP contribution in [0.5, 0.6) is 0 Å². The largest absolute Gasteiger partial charge is 0.455 e. The molecule has 0 aliphatic carbocycles. The van der Waals surface area contributed by atoms with Gasteiger partial charge in [-0.05, 0) is 18.6 Å². The average Bonchev–Trinajstić information content (AvgIpc) is 2.54. The van der Waals surface area contributed by atoms with Gasteiger partial charge < -0.3 is 23.7 Å². The van der Waals surface area contributed by atoms with Gasteiger partial charge in [-0.2, -0.15) is 0 Å². The Labute approximate surface area is 156 Å². The van der Waals surface area contributed by atoms with Crippen LogP contribution in [-0.2, 0) is 38.1 Å². The summed E-state index contributed by atoms with van der Waals surface area (Å²) in [5.74, 6) is -1.31. The fourth-order valence-corrected chi connectivity index (χ4v) is 3.65. The number of hydrogen-bond acceptors (Lipinski definition) is 9. The molecule has 0 bridgehead atoms. The highest BCUT2D eigenvalue weighted by Crippen LogP contribution is 2.33. The molecular weight excluding hydrogens is 364 g/mol. The zero-order valence-corrected chi connectivity index (χ0v) is 15.9. The van der Waals surface area contributed by atoms with Crippen LogP contribution in [0.2, 0.25) is 0 Å². The van der Waals surface area contributed by atoms with Crippen LogP contribution in [0.15, 0.2) is 12.7 Å². The maximum Gasteiger partial charge on any atom is 0.303 e. The van der Waals surface area contributed by atoms with Gasteiger partial charge in [-0.3, -0.25) is 14.4 Å². The summed E-state index contributed by atoms with van der Waals surface area (Å²) >= 11 is 1.32. The lowest BCUT2D eigenvalue weighted by atomic mass is 9.99. The van der Waals surface area contributed by atoms with Crippen molar-refractivity contribution in [2.75, 3.05) is 5.75 Å². The average molecular weight is 388 g/mol. The minimum absolute atomic E-state index is 0.478. The first-order valence-corrected chi connectivity index (χ1v) is 9.20. The molecule has 0 amide bonds. The lowest BCUT2D eigenvalue weighted by molar-refractivity contribution is -0.227. The number of carbonyl (C=O) groups is 4. The third kappa shape index (κ3) is 6.80. The van der Waals surface area contributed by atoms with Crippen molar-refractivity contribution in [3.8, 4) is 0 Å². The van der Waals surface area contributed by atoms with Crippen LogP contribution in [0.3, 0.4) is 0 Å². The highest BCUT2D eigenvalue weighted by atomic mass is 32.2. The predicted octanol–water partition coefficient (Wildman–Crippen LogP) is 1.40. The predicted molar refractivity (Wildman–Crippen MR) is 93.3 cm³/mol. The van der Waals surface area contributed by atoms with Crippen molar-refractivity contribution in [1.82, 2.24) is 0 Å². The Hall–Kier alpha value is -1.87. The Morgan fingerprint density at radius 1 is 1.00 bits per heavy atom. The summed E-state index contributed by atoms with van der Waals surface area (Å²) in [5, 5.41) is 0. The van der Waals surface area contributed by atoms with Crippen molar-refractivity contribution < 1.29 is 38.1 Å². The van der Waals surface area contributed by atoms with Gasteiger partial charge in [-0.25, -0.2) is 0 Å². The first-order valence-electron chi connectivity index (χ1n) is 8.15. The molecule has 26 heavy (non-hydrogen) atoms. The molecule has 1 aliphatic heterocycles. The molecule has 0 aromatic heterocycles. The molecule has 1 saturated heterocycles. The Morgan fingerprint density at radius 2 is 1.54 bits per heavy atom. The van der Waals surface area contributed by atoms with E-state index in [2.05, 4.69) is 6.58 Å². The molecule has 146 valence electrons. The molecule has 1 fully saturated rings. The van der Waals surface area contributed by atoms with Crippen molar-refractivity contribution in [2.24, 2.45) is 0 Å². The number of esters is 3. The monoisotopic (exact) mass is 388 g/mol. The topological polar surface area (TPSA) is 105 Å². The summed E-state index contributed by atoms with van der Waals surface area (Å²) in [6, 6.07) is 0. The minimum atomic E-state index is -1.21. The van der Waals surface area contributed by atoms with Crippen LogP contribution in [-0.4, -0.2) is 59.8 Å². The SMILES string of the molecule is C=CCCCSC1OC(C=O)C(OC(C)=O)C(OC(C)=O)C1OC(C)=O. The fraction of sp³-hybridized carbons (Fsp3) is 0.647. The second-order valence-corrected chi connectivity index (χ2v) is 6.84. The minimum Gasteiger partial charge on any atom is -0.455 e. The van der Waals surface area contributed by atoms with Crippen molar-refractivity contribution in [3.05, 3.63) is 12.7 Å². The summed E-state index contributed by atoms with van der Waals surface area (Å²) in [6.07, 6.45) is -0.678. The van der Waals surface area contributed by atoms with Crippen LogP contribution in [0.1, 0.15) is 33.6 Å². The van der Waals surface area contributed by atoms with Crippen molar-refractivity contribution in [2.45, 2.75) is 63.5 Å². The van der Waals surface area contributed by atoms with E-state index in [0.717, 1.165) is 19.8 Å². The first-order chi connectivity index (χ1) is 12.3. The third-order valence-corrected chi connectivity index (χ3v) is 4.64. The molecule has 0 N–H and O–H groups in total. The van der Waals surface area contributed by atoms with Crippen molar-refractivity contribution in [1.29, 1.82) is 0 Å². The Kier molecular flexibility index (Phi) is 9.36. The third-order valence-electron chi connectivity index (χ3n) is 3.41. The fourth-order valence-electron chi connectivity index (χ4n) is 2.48. The van der Waals surface area contributed by atoms with Crippen LogP contribution < -0.4 is 0 Å². The van der Waals surface area contributed by atoms with Gasteiger partial charge in [0.15, 0.2) is 30.7 Å².